The largest absolute Gasteiger partial charge is 0.458 e. The molecule has 1 aliphatic rings. The van der Waals surface area contributed by atoms with E-state index in [0.717, 1.165) is 19.3 Å². The van der Waals surface area contributed by atoms with Gasteiger partial charge in [0.25, 0.3) is 0 Å². The monoisotopic (exact) mass is 256 g/mol. The van der Waals surface area contributed by atoms with Crippen LogP contribution in [0.5, 0.6) is 0 Å². The van der Waals surface area contributed by atoms with Crippen molar-refractivity contribution >= 4 is 11.9 Å². The molecule has 0 aliphatic heterocycles. The molecule has 0 saturated heterocycles. The van der Waals surface area contributed by atoms with Crippen LogP contribution in [0.4, 0.5) is 0 Å². The zero-order chi connectivity index (χ0) is 13.7. The van der Waals surface area contributed by atoms with Crippen LogP contribution in [0.25, 0.3) is 0 Å². The van der Waals surface area contributed by atoms with E-state index in [1.807, 2.05) is 0 Å². The molecular formula is C14H24O4. The summed E-state index contributed by atoms with van der Waals surface area (Å²) in [5, 5.41) is 0. The summed E-state index contributed by atoms with van der Waals surface area (Å²) in [6, 6.07) is 0. The van der Waals surface area contributed by atoms with Crippen LogP contribution in [0.15, 0.2) is 0 Å². The summed E-state index contributed by atoms with van der Waals surface area (Å²) in [6.45, 7) is 8.28. The van der Waals surface area contributed by atoms with Gasteiger partial charge in [-0.3, -0.25) is 0 Å². The first-order chi connectivity index (χ1) is 8.45. The Morgan fingerprint density at radius 2 is 1.89 bits per heavy atom. The lowest BCUT2D eigenvalue weighted by Gasteiger charge is -2.36. The van der Waals surface area contributed by atoms with Gasteiger partial charge >= 0.3 is 11.9 Å². The van der Waals surface area contributed by atoms with Crippen LogP contribution in [0, 0.1) is 17.8 Å². The summed E-state index contributed by atoms with van der Waals surface area (Å²) < 4.78 is 9.99. The minimum Gasteiger partial charge on any atom is -0.458 e. The standard InChI is InChI=1S/C14H24O4/c1-5-17-13(15)14(16)18-12-8-10(4)6-7-11(12)9(2)3/h9-12H,5-8H2,1-4H3. The van der Waals surface area contributed by atoms with Crippen molar-refractivity contribution in [3.05, 3.63) is 0 Å². The topological polar surface area (TPSA) is 52.6 Å². The SMILES string of the molecule is CCOC(=O)C(=O)OC1CC(C)CCC1C(C)C. The molecule has 0 aromatic carbocycles. The lowest BCUT2D eigenvalue weighted by atomic mass is 9.75. The van der Waals surface area contributed by atoms with Crippen molar-refractivity contribution in [1.29, 1.82) is 0 Å². The highest BCUT2D eigenvalue weighted by Crippen LogP contribution is 2.35. The van der Waals surface area contributed by atoms with E-state index in [1.165, 1.54) is 0 Å². The molecule has 0 aromatic heterocycles. The smallest absolute Gasteiger partial charge is 0.417 e. The second-order valence-corrected chi connectivity index (χ2v) is 5.49. The molecule has 1 saturated carbocycles. The zero-order valence-electron chi connectivity index (χ0n) is 11.8. The van der Waals surface area contributed by atoms with Gasteiger partial charge in [0, 0.05) is 0 Å². The summed E-state index contributed by atoms with van der Waals surface area (Å²) in [5.41, 5.74) is 0. The highest BCUT2D eigenvalue weighted by Gasteiger charge is 2.34. The predicted molar refractivity (Wildman–Crippen MR) is 67.9 cm³/mol. The first-order valence-corrected chi connectivity index (χ1v) is 6.83. The minimum atomic E-state index is -0.877. The first kappa shape index (κ1) is 15.0. The van der Waals surface area contributed by atoms with E-state index in [4.69, 9.17) is 4.74 Å². The van der Waals surface area contributed by atoms with E-state index in [2.05, 4.69) is 25.5 Å². The third-order valence-corrected chi connectivity index (χ3v) is 3.66. The number of rotatable bonds is 3. The van der Waals surface area contributed by atoms with Crippen LogP contribution < -0.4 is 0 Å². The van der Waals surface area contributed by atoms with E-state index in [0.29, 0.717) is 17.8 Å². The fraction of sp³-hybridized carbons (Fsp3) is 0.857. The summed E-state index contributed by atoms with van der Waals surface area (Å²) in [5.74, 6) is -0.378. The van der Waals surface area contributed by atoms with Gasteiger partial charge in [0.05, 0.1) is 6.61 Å². The summed E-state index contributed by atoms with van der Waals surface area (Å²) in [4.78, 5) is 22.9. The normalized spacial score (nSPS) is 27.9. The number of carbonyl (C=O) groups is 2. The maximum atomic E-state index is 11.6. The first-order valence-electron chi connectivity index (χ1n) is 6.83. The molecule has 0 aromatic rings. The van der Waals surface area contributed by atoms with Crippen LogP contribution in [0.3, 0.4) is 0 Å². The van der Waals surface area contributed by atoms with E-state index in [-0.39, 0.29) is 12.7 Å². The zero-order valence-corrected chi connectivity index (χ0v) is 11.8. The summed E-state index contributed by atoms with van der Waals surface area (Å²) >= 11 is 0. The lowest BCUT2D eigenvalue weighted by Crippen LogP contribution is -2.37. The Kier molecular flexibility index (Phi) is 5.63. The quantitative estimate of drug-likeness (QED) is 0.575. The molecule has 0 bridgehead atoms. The molecule has 3 unspecified atom stereocenters. The fourth-order valence-electron chi connectivity index (χ4n) is 2.63. The molecule has 0 heterocycles. The van der Waals surface area contributed by atoms with Crippen LogP contribution in [-0.2, 0) is 19.1 Å². The van der Waals surface area contributed by atoms with Crippen molar-refractivity contribution in [2.45, 2.75) is 53.1 Å². The van der Waals surface area contributed by atoms with Crippen LogP contribution in [-0.4, -0.2) is 24.6 Å². The summed E-state index contributed by atoms with van der Waals surface area (Å²) in [7, 11) is 0. The van der Waals surface area contributed by atoms with E-state index >= 15 is 0 Å². The Hall–Kier alpha value is -1.06. The Morgan fingerprint density at radius 3 is 2.44 bits per heavy atom. The fourth-order valence-corrected chi connectivity index (χ4v) is 2.63. The third kappa shape index (κ3) is 4.00. The van der Waals surface area contributed by atoms with Crippen LogP contribution in [0.1, 0.15) is 47.0 Å². The molecule has 1 aliphatic carbocycles. The number of carbonyl (C=O) groups excluding carboxylic acids is 2. The second kappa shape index (κ2) is 6.76. The molecule has 1 rings (SSSR count). The number of ether oxygens (including phenoxy) is 2. The highest BCUT2D eigenvalue weighted by molar-refractivity contribution is 6.29. The molecule has 0 amide bonds. The number of hydrogen-bond acceptors (Lipinski definition) is 4. The maximum absolute atomic E-state index is 11.6. The molecule has 18 heavy (non-hydrogen) atoms. The van der Waals surface area contributed by atoms with Gasteiger partial charge in [0.2, 0.25) is 0 Å². The molecular weight excluding hydrogens is 232 g/mol. The van der Waals surface area contributed by atoms with Crippen LogP contribution in [0.2, 0.25) is 0 Å². The Morgan fingerprint density at radius 1 is 1.22 bits per heavy atom. The molecule has 0 radical (unpaired) electrons. The van der Waals surface area contributed by atoms with Gasteiger partial charge < -0.3 is 9.47 Å². The van der Waals surface area contributed by atoms with Crippen molar-refractivity contribution in [2.24, 2.45) is 17.8 Å². The van der Waals surface area contributed by atoms with E-state index in [9.17, 15) is 9.59 Å². The molecule has 0 N–H and O–H groups in total. The van der Waals surface area contributed by atoms with Gasteiger partial charge in [0.15, 0.2) is 0 Å². The molecule has 4 nitrogen and oxygen atoms in total. The van der Waals surface area contributed by atoms with Crippen molar-refractivity contribution in [1.82, 2.24) is 0 Å². The average molecular weight is 256 g/mol. The van der Waals surface area contributed by atoms with Crippen molar-refractivity contribution < 1.29 is 19.1 Å². The van der Waals surface area contributed by atoms with E-state index < -0.39 is 11.9 Å². The molecule has 104 valence electrons. The van der Waals surface area contributed by atoms with Crippen molar-refractivity contribution in [2.75, 3.05) is 6.61 Å². The Bertz CT molecular complexity index is 298. The van der Waals surface area contributed by atoms with Gasteiger partial charge in [-0.05, 0) is 37.5 Å². The number of esters is 2. The molecule has 4 heteroatoms. The van der Waals surface area contributed by atoms with E-state index in [1.54, 1.807) is 6.92 Å². The van der Waals surface area contributed by atoms with Gasteiger partial charge in [-0.1, -0.05) is 27.2 Å². The second-order valence-electron chi connectivity index (χ2n) is 5.49. The summed E-state index contributed by atoms with van der Waals surface area (Å²) in [6.07, 6.45) is 2.91. The molecule has 1 fully saturated rings. The molecule has 0 spiro atoms. The van der Waals surface area contributed by atoms with Gasteiger partial charge in [-0.25, -0.2) is 9.59 Å². The number of hydrogen-bond donors (Lipinski definition) is 0. The van der Waals surface area contributed by atoms with Crippen LogP contribution >= 0.6 is 0 Å². The van der Waals surface area contributed by atoms with Gasteiger partial charge in [-0.15, -0.1) is 0 Å². The van der Waals surface area contributed by atoms with Gasteiger partial charge in [-0.2, -0.15) is 0 Å². The average Bonchev–Trinajstić information content (AvgIpc) is 2.28. The minimum absolute atomic E-state index is 0.148. The third-order valence-electron chi connectivity index (χ3n) is 3.66. The highest BCUT2D eigenvalue weighted by atomic mass is 16.6. The van der Waals surface area contributed by atoms with Crippen molar-refractivity contribution in [3.63, 3.8) is 0 Å². The predicted octanol–water partition coefficient (Wildman–Crippen LogP) is 2.55. The lowest BCUT2D eigenvalue weighted by molar-refractivity contribution is -0.174. The van der Waals surface area contributed by atoms with Crippen molar-refractivity contribution in [3.8, 4) is 0 Å². The van der Waals surface area contributed by atoms with Gasteiger partial charge in [0.1, 0.15) is 6.10 Å². The Labute approximate surface area is 109 Å². The molecule has 3 atom stereocenters. The maximum Gasteiger partial charge on any atom is 0.417 e. The Balaban J connectivity index is 2.60.